The van der Waals surface area contributed by atoms with Gasteiger partial charge in [-0.3, -0.25) is 14.5 Å². The lowest BCUT2D eigenvalue weighted by Gasteiger charge is -2.36. The summed E-state index contributed by atoms with van der Waals surface area (Å²) in [6.45, 7) is 0.187. The van der Waals surface area contributed by atoms with Crippen LogP contribution in [0.4, 0.5) is 14.9 Å². The SMILES string of the molecule is COc1ccc([C@H]2c3[nH]c4ccccc4c3C[C@H]3C(=O)N(c4ccccc4C(=O)NCCc4ccccc4F)C(=O)N23)cc1. The molecule has 2 aliphatic heterocycles. The summed E-state index contributed by atoms with van der Waals surface area (Å²) in [5.74, 6) is -0.504. The molecule has 1 saturated heterocycles. The third-order valence-corrected chi connectivity index (χ3v) is 8.51. The van der Waals surface area contributed by atoms with Gasteiger partial charge in [0.15, 0.2) is 0 Å². The number of nitrogens with one attached hydrogen (secondary N) is 2. The van der Waals surface area contributed by atoms with Gasteiger partial charge in [0.2, 0.25) is 0 Å². The molecular weight excluding hydrogens is 559 g/mol. The summed E-state index contributed by atoms with van der Waals surface area (Å²) in [5, 5.41) is 3.83. The minimum atomic E-state index is -0.765. The van der Waals surface area contributed by atoms with Gasteiger partial charge in [-0.25, -0.2) is 14.1 Å². The number of rotatable bonds is 7. The summed E-state index contributed by atoms with van der Waals surface area (Å²) >= 11 is 0. The molecule has 3 heterocycles. The van der Waals surface area contributed by atoms with Crippen molar-refractivity contribution in [2.24, 2.45) is 0 Å². The van der Waals surface area contributed by atoms with Crippen molar-refractivity contribution in [3.8, 4) is 5.75 Å². The van der Waals surface area contributed by atoms with Gasteiger partial charge in [-0.15, -0.1) is 0 Å². The number of halogens is 1. The number of aromatic nitrogens is 1. The Morgan fingerprint density at radius 1 is 0.955 bits per heavy atom. The highest BCUT2D eigenvalue weighted by Crippen LogP contribution is 2.45. The van der Waals surface area contributed by atoms with E-state index in [1.807, 2.05) is 48.5 Å². The van der Waals surface area contributed by atoms with Gasteiger partial charge in [0.05, 0.1) is 18.4 Å². The Morgan fingerprint density at radius 2 is 1.68 bits per heavy atom. The number of urea groups is 1. The van der Waals surface area contributed by atoms with Crippen molar-refractivity contribution in [2.75, 3.05) is 18.6 Å². The third kappa shape index (κ3) is 4.48. The van der Waals surface area contributed by atoms with Crippen LogP contribution in [0.3, 0.4) is 0 Å². The largest absolute Gasteiger partial charge is 0.497 e. The summed E-state index contributed by atoms with van der Waals surface area (Å²) in [6, 6.07) is 26.5. The van der Waals surface area contributed by atoms with Gasteiger partial charge in [0.25, 0.3) is 11.8 Å². The van der Waals surface area contributed by atoms with Crippen molar-refractivity contribution >= 4 is 34.4 Å². The number of anilines is 1. The lowest BCUT2D eigenvalue weighted by Crippen LogP contribution is -2.44. The molecule has 0 radical (unpaired) electrons. The first-order chi connectivity index (χ1) is 21.5. The summed E-state index contributed by atoms with van der Waals surface area (Å²) in [7, 11) is 1.59. The number of hydrogen-bond donors (Lipinski definition) is 2. The second-order valence-electron chi connectivity index (χ2n) is 10.9. The molecule has 5 aromatic rings. The van der Waals surface area contributed by atoms with Gasteiger partial charge >= 0.3 is 6.03 Å². The molecule has 0 saturated carbocycles. The van der Waals surface area contributed by atoms with Crippen LogP contribution >= 0.6 is 0 Å². The Hall–Kier alpha value is -5.44. The fourth-order valence-corrected chi connectivity index (χ4v) is 6.40. The number of benzene rings is 4. The second-order valence-corrected chi connectivity index (χ2v) is 10.9. The average Bonchev–Trinajstić information content (AvgIpc) is 3.54. The number of aromatic amines is 1. The van der Waals surface area contributed by atoms with E-state index in [1.54, 1.807) is 54.5 Å². The Balaban J connectivity index is 1.24. The van der Waals surface area contributed by atoms with Crippen molar-refractivity contribution in [2.45, 2.75) is 24.9 Å². The monoisotopic (exact) mass is 588 g/mol. The first-order valence-corrected chi connectivity index (χ1v) is 14.5. The molecule has 44 heavy (non-hydrogen) atoms. The topological polar surface area (TPSA) is 94.7 Å². The molecule has 1 aromatic heterocycles. The van der Waals surface area contributed by atoms with Crippen molar-refractivity contribution in [3.63, 3.8) is 0 Å². The smallest absolute Gasteiger partial charge is 0.332 e. The predicted molar refractivity (Wildman–Crippen MR) is 164 cm³/mol. The highest BCUT2D eigenvalue weighted by Gasteiger charge is 2.53. The number of nitrogens with zero attached hydrogens (tertiary/aromatic N) is 2. The molecule has 4 aromatic carbocycles. The Morgan fingerprint density at radius 3 is 2.48 bits per heavy atom. The van der Waals surface area contributed by atoms with E-state index >= 15 is 0 Å². The minimum Gasteiger partial charge on any atom is -0.497 e. The summed E-state index contributed by atoms with van der Waals surface area (Å²) in [4.78, 5) is 48.1. The number of para-hydroxylation sites is 2. The molecule has 7 rings (SSSR count). The van der Waals surface area contributed by atoms with Gasteiger partial charge in [0, 0.05) is 29.6 Å². The first-order valence-electron chi connectivity index (χ1n) is 14.5. The summed E-state index contributed by atoms with van der Waals surface area (Å²) < 4.78 is 19.4. The zero-order chi connectivity index (χ0) is 30.4. The number of H-pyrrole nitrogens is 1. The number of imide groups is 1. The van der Waals surface area contributed by atoms with Gasteiger partial charge in [-0.2, -0.15) is 0 Å². The highest BCUT2D eigenvalue weighted by atomic mass is 19.1. The van der Waals surface area contributed by atoms with E-state index in [4.69, 9.17) is 4.74 Å². The zero-order valence-corrected chi connectivity index (χ0v) is 23.9. The average molecular weight is 589 g/mol. The fraction of sp³-hybridized carbons (Fsp3) is 0.171. The van der Waals surface area contributed by atoms with E-state index in [0.717, 1.165) is 32.6 Å². The normalized spacial score (nSPS) is 17.5. The van der Waals surface area contributed by atoms with Crippen LogP contribution in [0.25, 0.3) is 10.9 Å². The minimum absolute atomic E-state index is 0.187. The maximum absolute atomic E-state index is 14.3. The molecule has 0 bridgehead atoms. The molecule has 2 N–H and O–H groups in total. The number of carbonyl (C=O) groups is 3. The van der Waals surface area contributed by atoms with Crippen molar-refractivity contribution in [3.05, 3.63) is 131 Å². The van der Waals surface area contributed by atoms with Crippen LogP contribution in [-0.4, -0.2) is 47.4 Å². The maximum Gasteiger partial charge on any atom is 0.332 e. The fourth-order valence-electron chi connectivity index (χ4n) is 6.40. The van der Waals surface area contributed by atoms with E-state index in [2.05, 4.69) is 10.3 Å². The maximum atomic E-state index is 14.3. The van der Waals surface area contributed by atoms with Crippen LogP contribution < -0.4 is 15.0 Å². The standard InChI is InChI=1S/C35H29FN4O4/c1-44-23-16-14-22(15-17-23)32-31-26(24-9-3-6-12-28(24)38-31)20-30-34(42)40(35(43)39(30)32)29-13-7-4-10-25(29)33(41)37-19-18-21-8-2-5-11-27(21)36/h2-17,30,32,38H,18-20H2,1H3,(H,37,41)/t30-,32-/m0/s1. The van der Waals surface area contributed by atoms with E-state index in [1.165, 1.54) is 6.07 Å². The van der Waals surface area contributed by atoms with Crippen LogP contribution in [0.15, 0.2) is 97.1 Å². The lowest BCUT2D eigenvalue weighted by molar-refractivity contribution is -0.120. The molecule has 2 aliphatic rings. The second kappa shape index (κ2) is 11.0. The molecule has 2 atom stereocenters. The molecule has 0 aliphatic carbocycles. The Labute approximate surface area is 253 Å². The van der Waals surface area contributed by atoms with Crippen LogP contribution in [0.2, 0.25) is 0 Å². The van der Waals surface area contributed by atoms with Gasteiger partial charge < -0.3 is 15.0 Å². The van der Waals surface area contributed by atoms with Crippen molar-refractivity contribution in [1.82, 2.24) is 15.2 Å². The van der Waals surface area contributed by atoms with Crippen LogP contribution in [0.5, 0.6) is 5.75 Å². The molecule has 220 valence electrons. The van der Waals surface area contributed by atoms with E-state index < -0.39 is 29.9 Å². The van der Waals surface area contributed by atoms with Crippen molar-refractivity contribution in [1.29, 1.82) is 0 Å². The quantitative estimate of drug-likeness (QED) is 0.236. The third-order valence-electron chi connectivity index (χ3n) is 8.51. The summed E-state index contributed by atoms with van der Waals surface area (Å²) in [6.07, 6.45) is 0.636. The highest BCUT2D eigenvalue weighted by molar-refractivity contribution is 6.24. The molecule has 0 spiro atoms. The zero-order valence-electron chi connectivity index (χ0n) is 23.9. The number of ether oxygens (including phenoxy) is 1. The first kappa shape index (κ1) is 27.4. The number of methoxy groups -OCH3 is 1. The predicted octanol–water partition coefficient (Wildman–Crippen LogP) is 5.77. The van der Waals surface area contributed by atoms with Crippen LogP contribution in [0.1, 0.15) is 38.8 Å². The molecule has 1 fully saturated rings. The van der Waals surface area contributed by atoms with E-state index in [0.29, 0.717) is 24.2 Å². The number of amides is 4. The molecule has 9 heteroatoms. The van der Waals surface area contributed by atoms with Gasteiger partial charge in [-0.05, 0) is 59.5 Å². The summed E-state index contributed by atoms with van der Waals surface area (Å²) in [5.41, 5.74) is 4.49. The van der Waals surface area contributed by atoms with Gasteiger partial charge in [-0.1, -0.05) is 60.7 Å². The van der Waals surface area contributed by atoms with Crippen LogP contribution in [0, 0.1) is 5.82 Å². The van der Waals surface area contributed by atoms with E-state index in [9.17, 15) is 18.8 Å². The molecular formula is C35H29FN4O4. The molecule has 4 amide bonds. The Bertz CT molecular complexity index is 1920. The lowest BCUT2D eigenvalue weighted by atomic mass is 9.89. The molecule has 8 nitrogen and oxygen atoms in total. The Kier molecular flexibility index (Phi) is 6.85. The number of carbonyl (C=O) groups excluding carboxylic acids is 3. The van der Waals surface area contributed by atoms with E-state index in [-0.39, 0.29) is 23.6 Å². The number of hydrogen-bond acceptors (Lipinski definition) is 4. The molecule has 0 unspecified atom stereocenters. The van der Waals surface area contributed by atoms with Gasteiger partial charge in [0.1, 0.15) is 23.7 Å². The van der Waals surface area contributed by atoms with Crippen LogP contribution in [-0.2, 0) is 17.6 Å². The number of fused-ring (bicyclic) bond motifs is 4. The van der Waals surface area contributed by atoms with Crippen molar-refractivity contribution < 1.29 is 23.5 Å².